The van der Waals surface area contributed by atoms with E-state index in [0.29, 0.717) is 0 Å². The largest absolute Gasteiger partial charge is 0.464 e. The van der Waals surface area contributed by atoms with Crippen LogP contribution in [0.25, 0.3) is 11.3 Å². The van der Waals surface area contributed by atoms with E-state index in [-0.39, 0.29) is 18.4 Å². The molecule has 2 N–H and O–H groups in total. The van der Waals surface area contributed by atoms with E-state index in [0.717, 1.165) is 29.7 Å². The number of hydrogen-bond acceptors (Lipinski definition) is 3. The topological polar surface area (TPSA) is 62.5 Å². The molecule has 1 heterocycles. The monoisotopic (exact) mass is 271 g/mol. The Balaban J connectivity index is 1.60. The molecule has 0 radical (unpaired) electrons. The van der Waals surface area contributed by atoms with Crippen LogP contribution in [0.15, 0.2) is 47.1 Å². The molecule has 1 atom stereocenters. The summed E-state index contributed by atoms with van der Waals surface area (Å²) >= 11 is 0. The van der Waals surface area contributed by atoms with Gasteiger partial charge in [-0.2, -0.15) is 0 Å². The maximum Gasteiger partial charge on any atom is 0.223 e. The molecule has 20 heavy (non-hydrogen) atoms. The molecule has 2 aromatic rings. The van der Waals surface area contributed by atoms with Crippen LogP contribution >= 0.6 is 0 Å². The van der Waals surface area contributed by atoms with Crippen molar-refractivity contribution in [3.63, 3.8) is 0 Å². The lowest BCUT2D eigenvalue weighted by Crippen LogP contribution is -2.29. The predicted octanol–water partition coefficient (Wildman–Crippen LogP) is 2.51. The zero-order valence-corrected chi connectivity index (χ0v) is 11.1. The van der Waals surface area contributed by atoms with E-state index in [2.05, 4.69) is 5.32 Å². The van der Waals surface area contributed by atoms with E-state index in [1.807, 2.05) is 36.4 Å². The summed E-state index contributed by atoms with van der Waals surface area (Å²) < 4.78 is 5.31. The van der Waals surface area contributed by atoms with Crippen LogP contribution in [0.5, 0.6) is 0 Å². The van der Waals surface area contributed by atoms with Gasteiger partial charge in [0.15, 0.2) is 0 Å². The molecule has 0 saturated heterocycles. The van der Waals surface area contributed by atoms with E-state index in [1.54, 1.807) is 6.26 Å². The van der Waals surface area contributed by atoms with E-state index in [9.17, 15) is 9.90 Å². The van der Waals surface area contributed by atoms with Gasteiger partial charge in [-0.3, -0.25) is 4.79 Å². The third-order valence-corrected chi connectivity index (χ3v) is 3.52. The fourth-order valence-electron chi connectivity index (χ4n) is 2.12. The lowest BCUT2D eigenvalue weighted by molar-refractivity contribution is -0.122. The van der Waals surface area contributed by atoms with E-state index < -0.39 is 6.10 Å². The normalized spacial score (nSPS) is 15.8. The summed E-state index contributed by atoms with van der Waals surface area (Å²) in [7, 11) is 0. The Morgan fingerprint density at radius 2 is 2.05 bits per heavy atom. The highest BCUT2D eigenvalue weighted by atomic mass is 16.3. The molecule has 1 aromatic heterocycles. The Kier molecular flexibility index (Phi) is 3.56. The highest BCUT2D eigenvalue weighted by Gasteiger charge is 2.29. The number of carbonyl (C=O) groups is 1. The van der Waals surface area contributed by atoms with Crippen LogP contribution in [0, 0.1) is 5.92 Å². The second kappa shape index (κ2) is 5.51. The van der Waals surface area contributed by atoms with Crippen LogP contribution in [-0.2, 0) is 4.79 Å². The molecule has 0 aliphatic heterocycles. The highest BCUT2D eigenvalue weighted by molar-refractivity contribution is 5.80. The lowest BCUT2D eigenvalue weighted by Gasteiger charge is -2.12. The van der Waals surface area contributed by atoms with Gasteiger partial charge in [0, 0.05) is 18.0 Å². The van der Waals surface area contributed by atoms with Crippen molar-refractivity contribution in [1.29, 1.82) is 0 Å². The minimum atomic E-state index is -0.677. The molecular formula is C16H17NO3. The lowest BCUT2D eigenvalue weighted by atomic mass is 10.1. The van der Waals surface area contributed by atoms with Gasteiger partial charge in [0.1, 0.15) is 5.76 Å². The number of amides is 1. The minimum absolute atomic E-state index is 0.0521. The van der Waals surface area contributed by atoms with Gasteiger partial charge in [0.25, 0.3) is 0 Å². The number of hydrogen-bond donors (Lipinski definition) is 2. The number of furan rings is 1. The van der Waals surface area contributed by atoms with Gasteiger partial charge in [-0.15, -0.1) is 0 Å². The second-order valence-corrected chi connectivity index (χ2v) is 5.13. The summed E-state index contributed by atoms with van der Waals surface area (Å²) in [5.74, 6) is 1.02. The number of aliphatic hydroxyl groups excluding tert-OH is 1. The average Bonchev–Trinajstić information content (AvgIpc) is 3.19. The van der Waals surface area contributed by atoms with Crippen molar-refractivity contribution in [2.24, 2.45) is 5.92 Å². The molecular weight excluding hydrogens is 254 g/mol. The smallest absolute Gasteiger partial charge is 0.223 e. The quantitative estimate of drug-likeness (QED) is 0.878. The number of nitrogens with one attached hydrogen (secondary N) is 1. The van der Waals surface area contributed by atoms with Crippen molar-refractivity contribution < 1.29 is 14.3 Å². The summed E-state index contributed by atoms with van der Waals surface area (Å²) in [6, 6.07) is 11.2. The Labute approximate surface area is 117 Å². The van der Waals surface area contributed by atoms with Crippen LogP contribution in [0.3, 0.4) is 0 Å². The first-order chi connectivity index (χ1) is 9.74. The fraction of sp³-hybridized carbons (Fsp3) is 0.312. The van der Waals surface area contributed by atoms with Crippen LogP contribution < -0.4 is 5.32 Å². The summed E-state index contributed by atoms with van der Waals surface area (Å²) in [6.07, 6.45) is 2.90. The van der Waals surface area contributed by atoms with Gasteiger partial charge in [0.05, 0.1) is 12.4 Å². The van der Waals surface area contributed by atoms with Gasteiger partial charge in [-0.1, -0.05) is 24.3 Å². The predicted molar refractivity (Wildman–Crippen MR) is 74.8 cm³/mol. The molecule has 0 unspecified atom stereocenters. The Morgan fingerprint density at radius 1 is 1.30 bits per heavy atom. The number of carbonyl (C=O) groups excluding carboxylic acids is 1. The van der Waals surface area contributed by atoms with Gasteiger partial charge in [-0.25, -0.2) is 0 Å². The summed E-state index contributed by atoms with van der Waals surface area (Å²) in [6.45, 7) is 0.259. The van der Waals surface area contributed by atoms with Crippen molar-refractivity contribution in [3.05, 3.63) is 48.2 Å². The maximum atomic E-state index is 11.5. The first-order valence-electron chi connectivity index (χ1n) is 6.83. The molecule has 1 aliphatic carbocycles. The van der Waals surface area contributed by atoms with Crippen molar-refractivity contribution >= 4 is 5.91 Å². The number of rotatable bonds is 5. The average molecular weight is 271 g/mol. The molecule has 104 valence electrons. The molecule has 4 nitrogen and oxygen atoms in total. The first kappa shape index (κ1) is 12.9. The van der Waals surface area contributed by atoms with E-state index >= 15 is 0 Å². The molecule has 0 bridgehead atoms. The number of benzene rings is 1. The molecule has 3 rings (SSSR count). The molecule has 1 aliphatic rings. The maximum absolute atomic E-state index is 11.5. The van der Waals surface area contributed by atoms with Crippen molar-refractivity contribution in [3.8, 4) is 11.3 Å². The van der Waals surface area contributed by atoms with Crippen molar-refractivity contribution in [1.82, 2.24) is 5.32 Å². The summed E-state index contributed by atoms with van der Waals surface area (Å²) in [5, 5.41) is 12.8. The molecule has 0 spiro atoms. The fourth-order valence-corrected chi connectivity index (χ4v) is 2.12. The second-order valence-electron chi connectivity index (χ2n) is 5.13. The van der Waals surface area contributed by atoms with Gasteiger partial charge in [-0.05, 0) is 30.5 Å². The minimum Gasteiger partial charge on any atom is -0.464 e. The summed E-state index contributed by atoms with van der Waals surface area (Å²) in [5.41, 5.74) is 1.75. The van der Waals surface area contributed by atoms with Crippen LogP contribution in [-0.4, -0.2) is 17.6 Å². The molecule has 4 heteroatoms. The van der Waals surface area contributed by atoms with Gasteiger partial charge < -0.3 is 14.8 Å². The highest BCUT2D eigenvalue weighted by Crippen LogP contribution is 2.29. The Morgan fingerprint density at radius 3 is 2.65 bits per heavy atom. The Bertz CT molecular complexity index is 570. The standard InChI is InChI=1S/C16H17NO3/c18-14(10-17-16(19)13-7-8-13)11-3-5-12(6-4-11)15-2-1-9-20-15/h1-6,9,13-14,18H,7-8,10H2,(H,17,19)/t14-/m0/s1. The molecule has 1 saturated carbocycles. The third kappa shape index (κ3) is 2.91. The Hall–Kier alpha value is -2.07. The molecule has 1 amide bonds. The first-order valence-corrected chi connectivity index (χ1v) is 6.83. The molecule has 1 aromatic carbocycles. The molecule has 1 fully saturated rings. The van der Waals surface area contributed by atoms with Gasteiger partial charge >= 0.3 is 0 Å². The SMILES string of the molecule is O=C(NC[C@H](O)c1ccc(-c2ccco2)cc1)C1CC1. The summed E-state index contributed by atoms with van der Waals surface area (Å²) in [4.78, 5) is 11.5. The van der Waals surface area contributed by atoms with E-state index in [4.69, 9.17) is 4.42 Å². The van der Waals surface area contributed by atoms with Crippen molar-refractivity contribution in [2.75, 3.05) is 6.54 Å². The van der Waals surface area contributed by atoms with Gasteiger partial charge in [0.2, 0.25) is 5.91 Å². The zero-order chi connectivity index (χ0) is 13.9. The third-order valence-electron chi connectivity index (χ3n) is 3.52. The van der Waals surface area contributed by atoms with Crippen molar-refractivity contribution in [2.45, 2.75) is 18.9 Å². The van der Waals surface area contributed by atoms with Crippen LogP contribution in [0.4, 0.5) is 0 Å². The van der Waals surface area contributed by atoms with Crippen LogP contribution in [0.2, 0.25) is 0 Å². The van der Waals surface area contributed by atoms with E-state index in [1.165, 1.54) is 0 Å². The number of aliphatic hydroxyl groups is 1. The van der Waals surface area contributed by atoms with Crippen LogP contribution in [0.1, 0.15) is 24.5 Å². The zero-order valence-electron chi connectivity index (χ0n) is 11.1.